The number of anilines is 2. The van der Waals surface area contributed by atoms with Crippen LogP contribution in [0.3, 0.4) is 0 Å². The van der Waals surface area contributed by atoms with Crippen LogP contribution in [0, 0.1) is 6.92 Å². The topological polar surface area (TPSA) is 68.0 Å². The van der Waals surface area contributed by atoms with Crippen LogP contribution in [0.25, 0.3) is 0 Å². The van der Waals surface area contributed by atoms with Crippen LogP contribution < -0.4 is 5.32 Å². The molecule has 24 heavy (non-hydrogen) atoms. The number of fused-ring (bicyclic) bond motifs is 1. The van der Waals surface area contributed by atoms with Crippen molar-refractivity contribution in [2.24, 2.45) is 0 Å². The first kappa shape index (κ1) is 14.6. The molecule has 0 unspecified atom stereocenters. The van der Waals surface area contributed by atoms with E-state index in [0.717, 1.165) is 17.1 Å². The van der Waals surface area contributed by atoms with E-state index in [1.54, 1.807) is 12.5 Å². The summed E-state index contributed by atoms with van der Waals surface area (Å²) in [6.45, 7) is 2.04. The minimum Gasteiger partial charge on any atom is -0.469 e. The molecule has 1 aliphatic carbocycles. The van der Waals surface area contributed by atoms with E-state index in [2.05, 4.69) is 15.3 Å². The minimum atomic E-state index is 0.0436. The Labute approximate surface area is 139 Å². The van der Waals surface area contributed by atoms with Crippen LogP contribution in [0.5, 0.6) is 0 Å². The summed E-state index contributed by atoms with van der Waals surface area (Å²) in [5, 5.41) is 3.19. The number of rotatable bonds is 3. The molecule has 1 atom stereocenters. The quantitative estimate of drug-likeness (QED) is 0.789. The zero-order chi connectivity index (χ0) is 16.5. The minimum absolute atomic E-state index is 0.0436. The monoisotopic (exact) mass is 319 g/mol. The van der Waals surface area contributed by atoms with Crippen molar-refractivity contribution in [1.29, 1.82) is 0 Å². The van der Waals surface area contributed by atoms with E-state index in [9.17, 15) is 4.79 Å². The Morgan fingerprint density at radius 2 is 2.00 bits per heavy atom. The molecule has 2 aromatic heterocycles. The lowest BCUT2D eigenvalue weighted by Gasteiger charge is -2.21. The van der Waals surface area contributed by atoms with E-state index in [1.807, 2.05) is 43.3 Å². The van der Waals surface area contributed by atoms with Crippen molar-refractivity contribution >= 4 is 17.4 Å². The van der Waals surface area contributed by atoms with Gasteiger partial charge in [0, 0.05) is 30.6 Å². The van der Waals surface area contributed by atoms with E-state index in [1.165, 1.54) is 5.56 Å². The van der Waals surface area contributed by atoms with E-state index in [4.69, 9.17) is 4.42 Å². The van der Waals surface area contributed by atoms with E-state index in [-0.39, 0.29) is 11.7 Å². The highest BCUT2D eigenvalue weighted by Crippen LogP contribution is 2.32. The number of furan rings is 1. The van der Waals surface area contributed by atoms with E-state index >= 15 is 0 Å². The smallest absolute Gasteiger partial charge is 0.227 e. The first-order valence-electron chi connectivity index (χ1n) is 7.95. The fraction of sp³-hybridized carbons (Fsp3) is 0.211. The Bertz CT molecular complexity index is 870. The molecule has 0 bridgehead atoms. The number of carbonyl (C=O) groups is 1. The second-order valence-corrected chi connectivity index (χ2v) is 6.09. The lowest BCUT2D eigenvalue weighted by Crippen LogP contribution is -2.20. The van der Waals surface area contributed by atoms with E-state index in [0.29, 0.717) is 24.4 Å². The fourth-order valence-electron chi connectivity index (χ4n) is 3.00. The molecule has 5 nitrogen and oxygen atoms in total. The van der Waals surface area contributed by atoms with Gasteiger partial charge in [-0.25, -0.2) is 9.97 Å². The molecule has 120 valence electrons. The third-order valence-corrected chi connectivity index (χ3v) is 4.29. The summed E-state index contributed by atoms with van der Waals surface area (Å²) in [7, 11) is 0. The lowest BCUT2D eigenvalue weighted by molar-refractivity contribution is 0.0958. The summed E-state index contributed by atoms with van der Waals surface area (Å²) >= 11 is 0. The van der Waals surface area contributed by atoms with Gasteiger partial charge < -0.3 is 9.73 Å². The third kappa shape index (κ3) is 2.80. The van der Waals surface area contributed by atoms with Gasteiger partial charge in [-0.1, -0.05) is 17.7 Å². The highest BCUT2D eigenvalue weighted by atomic mass is 16.3. The molecule has 0 amide bonds. The van der Waals surface area contributed by atoms with Crippen LogP contribution in [0.2, 0.25) is 0 Å². The van der Waals surface area contributed by atoms with Crippen molar-refractivity contribution in [2.75, 3.05) is 5.32 Å². The molecule has 1 aromatic carbocycles. The van der Waals surface area contributed by atoms with Crippen molar-refractivity contribution < 1.29 is 9.21 Å². The van der Waals surface area contributed by atoms with Crippen LogP contribution in [-0.4, -0.2) is 15.8 Å². The van der Waals surface area contributed by atoms with Gasteiger partial charge in [0.2, 0.25) is 5.95 Å². The maximum Gasteiger partial charge on any atom is 0.227 e. The summed E-state index contributed by atoms with van der Waals surface area (Å²) in [6, 6.07) is 11.8. The predicted octanol–water partition coefficient (Wildman–Crippen LogP) is 4.03. The van der Waals surface area contributed by atoms with Crippen LogP contribution in [0.1, 0.15) is 39.7 Å². The van der Waals surface area contributed by atoms with E-state index < -0.39 is 0 Å². The average Bonchev–Trinajstić information content (AvgIpc) is 3.11. The molecule has 1 aliphatic rings. The molecule has 5 heteroatoms. The molecule has 0 spiro atoms. The second kappa shape index (κ2) is 5.92. The van der Waals surface area contributed by atoms with Crippen LogP contribution >= 0.6 is 0 Å². The first-order valence-corrected chi connectivity index (χ1v) is 7.95. The molecule has 2 heterocycles. The number of hydrogen-bond donors (Lipinski definition) is 1. The first-order chi connectivity index (χ1) is 11.7. The van der Waals surface area contributed by atoms with Crippen molar-refractivity contribution in [1.82, 2.24) is 9.97 Å². The van der Waals surface area contributed by atoms with Crippen LogP contribution in [-0.2, 0) is 6.42 Å². The highest BCUT2D eigenvalue weighted by Gasteiger charge is 2.29. The number of carbonyl (C=O) groups excluding carboxylic acids is 1. The number of ketones is 1. The van der Waals surface area contributed by atoms with Gasteiger partial charge in [0.05, 0.1) is 17.5 Å². The van der Waals surface area contributed by atoms with Gasteiger partial charge in [-0.3, -0.25) is 4.79 Å². The maximum absolute atomic E-state index is 12.4. The van der Waals surface area contributed by atoms with Crippen LogP contribution in [0.15, 0.2) is 53.3 Å². The molecule has 0 saturated heterocycles. The SMILES string of the molecule is Cc1ccc(Nc2ncc3c(n2)C[C@H](c2ccco2)CC3=O)cc1. The number of benzene rings is 1. The Hall–Kier alpha value is -2.95. The van der Waals surface area contributed by atoms with Crippen molar-refractivity contribution in [3.63, 3.8) is 0 Å². The Morgan fingerprint density at radius 3 is 2.75 bits per heavy atom. The number of aryl methyl sites for hydroxylation is 1. The fourth-order valence-corrected chi connectivity index (χ4v) is 3.00. The second-order valence-electron chi connectivity index (χ2n) is 6.09. The summed E-state index contributed by atoms with van der Waals surface area (Å²) in [5.74, 6) is 1.45. The number of hydrogen-bond acceptors (Lipinski definition) is 5. The van der Waals surface area contributed by atoms with Gasteiger partial charge in [0.25, 0.3) is 0 Å². The summed E-state index contributed by atoms with van der Waals surface area (Å²) < 4.78 is 5.46. The van der Waals surface area contributed by atoms with Gasteiger partial charge >= 0.3 is 0 Å². The molecule has 4 rings (SSSR count). The molecular weight excluding hydrogens is 302 g/mol. The Kier molecular flexibility index (Phi) is 3.61. The normalized spacial score (nSPS) is 16.7. The summed E-state index contributed by atoms with van der Waals surface area (Å²) in [4.78, 5) is 21.2. The Morgan fingerprint density at radius 1 is 1.17 bits per heavy atom. The van der Waals surface area contributed by atoms with Crippen molar-refractivity contribution in [3.8, 4) is 0 Å². The number of nitrogens with one attached hydrogen (secondary N) is 1. The zero-order valence-corrected chi connectivity index (χ0v) is 13.3. The zero-order valence-electron chi connectivity index (χ0n) is 13.3. The van der Waals surface area contributed by atoms with Gasteiger partial charge in [-0.05, 0) is 31.2 Å². The predicted molar refractivity (Wildman–Crippen MR) is 90.6 cm³/mol. The Balaban J connectivity index is 1.61. The standard InChI is InChI=1S/C19H17N3O2/c1-12-4-6-14(7-5-12)21-19-20-11-15-16(22-19)9-13(10-17(15)23)18-3-2-8-24-18/h2-8,11,13H,9-10H2,1H3,(H,20,21,22)/t13-/m0/s1. The van der Waals surface area contributed by atoms with Crippen molar-refractivity contribution in [2.45, 2.75) is 25.7 Å². The van der Waals surface area contributed by atoms with Crippen molar-refractivity contribution in [3.05, 3.63) is 71.4 Å². The molecule has 3 aromatic rings. The third-order valence-electron chi connectivity index (χ3n) is 4.29. The molecule has 1 N–H and O–H groups in total. The highest BCUT2D eigenvalue weighted by molar-refractivity contribution is 5.98. The number of aromatic nitrogens is 2. The van der Waals surface area contributed by atoms with Gasteiger partial charge in [0.15, 0.2) is 5.78 Å². The summed E-state index contributed by atoms with van der Waals surface area (Å²) in [5.41, 5.74) is 3.51. The lowest BCUT2D eigenvalue weighted by atomic mass is 9.85. The largest absolute Gasteiger partial charge is 0.469 e. The van der Waals surface area contributed by atoms with Gasteiger partial charge in [-0.15, -0.1) is 0 Å². The molecule has 0 fully saturated rings. The van der Waals surface area contributed by atoms with Gasteiger partial charge in [0.1, 0.15) is 5.76 Å². The van der Waals surface area contributed by atoms with Crippen LogP contribution in [0.4, 0.5) is 11.6 Å². The molecule has 0 saturated carbocycles. The average molecular weight is 319 g/mol. The van der Waals surface area contributed by atoms with Gasteiger partial charge in [-0.2, -0.15) is 0 Å². The maximum atomic E-state index is 12.4. The molecule has 0 radical (unpaired) electrons. The summed E-state index contributed by atoms with van der Waals surface area (Å²) in [6.07, 6.45) is 4.38. The number of nitrogens with zero attached hydrogens (tertiary/aromatic N) is 2. The number of Topliss-reactive ketones (excluding diaryl/α,β-unsaturated/α-hetero) is 1. The molecular formula is C19H17N3O2. The molecule has 0 aliphatic heterocycles.